The maximum absolute atomic E-state index is 12.3. The molecule has 8 nitrogen and oxygen atoms in total. The number of nitrogens with two attached hydrogens (primary N) is 1. The fourth-order valence-electron chi connectivity index (χ4n) is 3.85. The number of carbonyl (C=O) groups excluding carboxylic acids is 3. The van der Waals surface area contributed by atoms with Gasteiger partial charge in [-0.2, -0.15) is 4.57 Å². The van der Waals surface area contributed by atoms with E-state index in [1.165, 1.54) is 16.7 Å². The number of rotatable bonds is 7. The summed E-state index contributed by atoms with van der Waals surface area (Å²) in [5.41, 5.74) is 5.74. The van der Waals surface area contributed by atoms with Crippen LogP contribution in [0.2, 0.25) is 0 Å². The number of aliphatic hydroxyl groups excluding tert-OH is 1. The van der Waals surface area contributed by atoms with Crippen LogP contribution in [-0.4, -0.2) is 45.7 Å². The lowest BCUT2D eigenvalue weighted by molar-refractivity contribution is -0.686. The Hall–Kier alpha value is -2.39. The van der Waals surface area contributed by atoms with Gasteiger partial charge in [0, 0.05) is 17.7 Å². The molecular weight excluding hydrogens is 370 g/mol. The van der Waals surface area contributed by atoms with Crippen molar-refractivity contribution >= 4 is 29.5 Å². The van der Waals surface area contributed by atoms with E-state index in [9.17, 15) is 24.6 Å². The Morgan fingerprint density at radius 2 is 2.19 bits per heavy atom. The lowest BCUT2D eigenvalue weighted by Crippen LogP contribution is -2.64. The largest absolute Gasteiger partial charge is 0.543 e. The highest BCUT2D eigenvalue weighted by molar-refractivity contribution is 7.99. The molecule has 2 aliphatic rings. The minimum absolute atomic E-state index is 0.0538. The van der Waals surface area contributed by atoms with E-state index in [4.69, 9.17) is 5.73 Å². The zero-order valence-corrected chi connectivity index (χ0v) is 15.8. The number of amides is 2. The fraction of sp³-hybridized carbons (Fsp3) is 0.444. The monoisotopic (exact) mass is 391 g/mol. The fourth-order valence-corrected chi connectivity index (χ4v) is 4.95. The van der Waals surface area contributed by atoms with Gasteiger partial charge < -0.3 is 25.6 Å². The number of β-lactam (4-membered cyclic amide) rings is 1. The van der Waals surface area contributed by atoms with E-state index >= 15 is 0 Å². The summed E-state index contributed by atoms with van der Waals surface area (Å²) >= 11 is 1.40. The molecule has 0 unspecified atom stereocenters. The van der Waals surface area contributed by atoms with Gasteiger partial charge in [0.25, 0.3) is 5.91 Å². The number of primary amides is 1. The average molecular weight is 391 g/mol. The number of aliphatic hydroxyl groups is 1. The standard InChI is InChI=1S/C18H21N3O5S/c1-9-12(8-27-11-4-3-5-20(6-11)7-13(19)23)16(18(25)26)21-15(9)14(10(2)22)17(21)24/h3-6,9-10,14-15,22H,7-8H2,1-2H3,(H2-,19,23,25,26)/t9-,10+,14+,15+/m0/s1. The number of carboxylic acid groups (broad SMARTS) is 1. The normalized spacial score (nSPS) is 25.2. The van der Waals surface area contributed by atoms with Gasteiger partial charge in [-0.1, -0.05) is 6.92 Å². The van der Waals surface area contributed by atoms with Crippen LogP contribution in [0.25, 0.3) is 0 Å². The first-order chi connectivity index (χ1) is 12.7. The van der Waals surface area contributed by atoms with Crippen LogP contribution >= 0.6 is 11.8 Å². The lowest BCUT2D eigenvalue weighted by Gasteiger charge is -2.47. The predicted octanol–water partition coefficient (Wildman–Crippen LogP) is -1.59. The molecule has 0 spiro atoms. The molecule has 2 amide bonds. The van der Waals surface area contributed by atoms with E-state index in [1.54, 1.807) is 30.0 Å². The third kappa shape index (κ3) is 3.44. The summed E-state index contributed by atoms with van der Waals surface area (Å²) in [5.74, 6) is -2.64. The number of pyridine rings is 1. The first kappa shape index (κ1) is 19.4. The van der Waals surface area contributed by atoms with Crippen LogP contribution in [-0.2, 0) is 20.9 Å². The minimum Gasteiger partial charge on any atom is -0.543 e. The highest BCUT2D eigenvalue weighted by atomic mass is 32.2. The van der Waals surface area contributed by atoms with E-state index in [2.05, 4.69) is 0 Å². The van der Waals surface area contributed by atoms with E-state index in [0.717, 1.165) is 4.90 Å². The van der Waals surface area contributed by atoms with Gasteiger partial charge in [0.05, 0.1) is 34.6 Å². The molecule has 0 saturated carbocycles. The second-order valence-corrected chi connectivity index (χ2v) is 7.93. The number of thioether (sulfide) groups is 1. The van der Waals surface area contributed by atoms with Crippen molar-refractivity contribution in [3.05, 3.63) is 35.8 Å². The van der Waals surface area contributed by atoms with Crippen LogP contribution in [0.15, 0.2) is 40.7 Å². The number of carbonyl (C=O) groups is 3. The number of fused-ring (bicyclic) bond motifs is 1. The molecule has 144 valence electrons. The van der Waals surface area contributed by atoms with E-state index in [0.29, 0.717) is 11.3 Å². The van der Waals surface area contributed by atoms with Gasteiger partial charge in [0.2, 0.25) is 12.5 Å². The molecule has 2 aliphatic heterocycles. The Morgan fingerprint density at radius 3 is 2.78 bits per heavy atom. The highest BCUT2D eigenvalue weighted by Gasteiger charge is 2.58. The van der Waals surface area contributed by atoms with E-state index < -0.39 is 23.9 Å². The van der Waals surface area contributed by atoms with Crippen LogP contribution < -0.4 is 15.4 Å². The number of hydrogen-bond donors (Lipinski definition) is 2. The van der Waals surface area contributed by atoms with E-state index in [-0.39, 0.29) is 30.1 Å². The third-order valence-corrected chi connectivity index (χ3v) is 6.10. The van der Waals surface area contributed by atoms with Crippen molar-refractivity contribution in [1.29, 1.82) is 0 Å². The minimum atomic E-state index is -1.38. The highest BCUT2D eigenvalue weighted by Crippen LogP contribution is 2.47. The van der Waals surface area contributed by atoms with Crippen molar-refractivity contribution in [3.63, 3.8) is 0 Å². The van der Waals surface area contributed by atoms with Crippen LogP contribution in [0.3, 0.4) is 0 Å². The number of hydrogen-bond acceptors (Lipinski definition) is 6. The molecule has 1 aromatic heterocycles. The Morgan fingerprint density at radius 1 is 1.48 bits per heavy atom. The molecule has 3 rings (SSSR count). The van der Waals surface area contributed by atoms with Crippen molar-refractivity contribution in [3.8, 4) is 0 Å². The van der Waals surface area contributed by atoms with Crippen molar-refractivity contribution in [2.45, 2.75) is 37.4 Å². The molecule has 9 heteroatoms. The van der Waals surface area contributed by atoms with Crippen molar-refractivity contribution in [1.82, 2.24) is 4.90 Å². The number of aliphatic carboxylic acids is 1. The smallest absolute Gasteiger partial charge is 0.283 e. The molecule has 4 atom stereocenters. The van der Waals surface area contributed by atoms with Gasteiger partial charge >= 0.3 is 0 Å². The molecule has 1 fully saturated rings. The Kier molecular flexibility index (Phi) is 5.25. The molecule has 0 bridgehead atoms. The molecular formula is C18H21N3O5S. The first-order valence-corrected chi connectivity index (χ1v) is 9.56. The Labute approximate surface area is 160 Å². The molecule has 0 radical (unpaired) electrons. The van der Waals surface area contributed by atoms with E-state index in [1.807, 2.05) is 13.0 Å². The molecule has 3 heterocycles. The predicted molar refractivity (Wildman–Crippen MR) is 93.6 cm³/mol. The summed E-state index contributed by atoms with van der Waals surface area (Å²) in [5, 5.41) is 21.5. The van der Waals surface area contributed by atoms with Gasteiger partial charge in [0.1, 0.15) is 0 Å². The topological polar surface area (TPSA) is 128 Å². The zero-order chi connectivity index (χ0) is 19.9. The van der Waals surface area contributed by atoms with Crippen LogP contribution in [0.1, 0.15) is 13.8 Å². The van der Waals surface area contributed by atoms with Crippen molar-refractivity contribution in [2.75, 3.05) is 5.75 Å². The quantitative estimate of drug-likeness (QED) is 0.328. The second-order valence-electron chi connectivity index (χ2n) is 6.88. The molecule has 1 aromatic rings. The van der Waals surface area contributed by atoms with Crippen molar-refractivity contribution < 1.29 is 29.2 Å². The van der Waals surface area contributed by atoms with Crippen LogP contribution in [0.4, 0.5) is 0 Å². The first-order valence-electron chi connectivity index (χ1n) is 8.58. The van der Waals surface area contributed by atoms with Gasteiger partial charge in [-0.15, -0.1) is 11.8 Å². The molecule has 27 heavy (non-hydrogen) atoms. The zero-order valence-electron chi connectivity index (χ0n) is 15.0. The van der Waals surface area contributed by atoms with Crippen molar-refractivity contribution in [2.24, 2.45) is 17.6 Å². The average Bonchev–Trinajstić information content (AvgIpc) is 2.81. The summed E-state index contributed by atoms with van der Waals surface area (Å²) in [6, 6.07) is 3.27. The molecule has 1 saturated heterocycles. The van der Waals surface area contributed by atoms with Gasteiger partial charge in [-0.05, 0) is 18.6 Å². The summed E-state index contributed by atoms with van der Waals surface area (Å²) < 4.78 is 1.65. The molecule has 3 N–H and O–H groups in total. The van der Waals surface area contributed by atoms with Gasteiger partial charge in [-0.25, -0.2) is 0 Å². The van der Waals surface area contributed by atoms with Gasteiger partial charge in [0.15, 0.2) is 12.4 Å². The molecule has 0 aromatic carbocycles. The number of nitrogens with zero attached hydrogens (tertiary/aromatic N) is 2. The third-order valence-electron chi connectivity index (χ3n) is 5.07. The number of carboxylic acids is 1. The summed E-state index contributed by atoms with van der Waals surface area (Å²) in [7, 11) is 0. The van der Waals surface area contributed by atoms with Crippen LogP contribution in [0, 0.1) is 11.8 Å². The second kappa shape index (κ2) is 7.32. The van der Waals surface area contributed by atoms with Crippen LogP contribution in [0.5, 0.6) is 0 Å². The van der Waals surface area contributed by atoms with Gasteiger partial charge in [-0.3, -0.25) is 9.59 Å². The maximum atomic E-state index is 12.3. The Balaban J connectivity index is 1.81. The SMILES string of the molecule is C[C@@H](O)[C@H]1C(=O)N2C(C(=O)[O-])=C(CSc3ccc[n+](CC(N)=O)c3)[C@H](C)[C@H]12. The summed E-state index contributed by atoms with van der Waals surface area (Å²) in [6.07, 6.45) is 2.64. The maximum Gasteiger partial charge on any atom is 0.283 e. The summed E-state index contributed by atoms with van der Waals surface area (Å²) in [6.45, 7) is 3.46. The lowest BCUT2D eigenvalue weighted by atomic mass is 9.78. The Bertz CT molecular complexity index is 838. The summed E-state index contributed by atoms with van der Waals surface area (Å²) in [4.78, 5) is 37.1. The molecule has 0 aliphatic carbocycles. The number of aromatic nitrogens is 1.